The van der Waals surface area contributed by atoms with Crippen molar-refractivity contribution in [2.45, 2.75) is 26.0 Å². The number of morpholine rings is 1. The molecule has 1 fully saturated rings. The lowest BCUT2D eigenvalue weighted by Gasteiger charge is -2.37. The molecule has 1 aliphatic rings. The molecular weight excluding hydrogens is 210 g/mol. The highest BCUT2D eigenvalue weighted by atomic mass is 32.1. The van der Waals surface area contributed by atoms with Gasteiger partial charge in [0.25, 0.3) is 5.91 Å². The Morgan fingerprint density at radius 2 is 2.40 bits per heavy atom. The van der Waals surface area contributed by atoms with E-state index < -0.39 is 0 Å². The van der Waals surface area contributed by atoms with Crippen molar-refractivity contribution < 1.29 is 9.53 Å². The maximum atomic E-state index is 12.1. The minimum absolute atomic E-state index is 0.127. The van der Waals surface area contributed by atoms with E-state index in [1.807, 2.05) is 36.3 Å². The lowest BCUT2D eigenvalue weighted by molar-refractivity contribution is -0.0438. The van der Waals surface area contributed by atoms with Crippen molar-refractivity contribution in [3.63, 3.8) is 0 Å². The lowest BCUT2D eigenvalue weighted by atomic mass is 10.1. The van der Waals surface area contributed by atoms with E-state index in [0.29, 0.717) is 13.2 Å². The van der Waals surface area contributed by atoms with Gasteiger partial charge in [0.15, 0.2) is 0 Å². The van der Waals surface area contributed by atoms with Crippen LogP contribution in [-0.4, -0.2) is 36.1 Å². The predicted octanol–water partition coefficient (Wildman–Crippen LogP) is 2.00. The molecule has 0 aromatic carbocycles. The van der Waals surface area contributed by atoms with E-state index in [1.165, 1.54) is 11.3 Å². The molecule has 15 heavy (non-hydrogen) atoms. The highest BCUT2D eigenvalue weighted by Gasteiger charge is 2.29. The zero-order valence-corrected chi connectivity index (χ0v) is 9.79. The molecular formula is C11H15NO2S. The topological polar surface area (TPSA) is 29.5 Å². The molecule has 1 aromatic heterocycles. The van der Waals surface area contributed by atoms with Crippen LogP contribution in [0, 0.1) is 0 Å². The zero-order valence-electron chi connectivity index (χ0n) is 8.97. The minimum Gasteiger partial charge on any atom is -0.375 e. The van der Waals surface area contributed by atoms with Crippen LogP contribution in [0.1, 0.15) is 23.5 Å². The molecule has 2 unspecified atom stereocenters. The number of hydrogen-bond acceptors (Lipinski definition) is 3. The Morgan fingerprint density at radius 3 is 3.07 bits per heavy atom. The van der Waals surface area contributed by atoms with Gasteiger partial charge in [-0.15, -0.1) is 11.3 Å². The monoisotopic (exact) mass is 225 g/mol. The first-order valence-electron chi connectivity index (χ1n) is 5.16. The van der Waals surface area contributed by atoms with Gasteiger partial charge in [-0.1, -0.05) is 6.07 Å². The summed E-state index contributed by atoms with van der Waals surface area (Å²) in [6.45, 7) is 5.39. The third kappa shape index (κ3) is 2.06. The molecule has 4 heteroatoms. The number of ether oxygens (including phenoxy) is 1. The van der Waals surface area contributed by atoms with Gasteiger partial charge in [0, 0.05) is 6.54 Å². The van der Waals surface area contributed by atoms with Crippen molar-refractivity contribution in [1.29, 1.82) is 0 Å². The highest BCUT2D eigenvalue weighted by Crippen LogP contribution is 2.19. The van der Waals surface area contributed by atoms with E-state index in [0.717, 1.165) is 4.88 Å². The molecule has 2 heterocycles. The number of nitrogens with zero attached hydrogens (tertiary/aromatic N) is 1. The second kappa shape index (κ2) is 4.33. The van der Waals surface area contributed by atoms with E-state index in [9.17, 15) is 4.79 Å². The van der Waals surface area contributed by atoms with Crippen molar-refractivity contribution in [3.8, 4) is 0 Å². The fraction of sp³-hybridized carbons (Fsp3) is 0.545. The smallest absolute Gasteiger partial charge is 0.264 e. The number of hydrogen-bond donors (Lipinski definition) is 0. The molecule has 2 rings (SSSR count). The molecule has 0 bridgehead atoms. The Kier molecular flexibility index (Phi) is 3.07. The summed E-state index contributed by atoms with van der Waals surface area (Å²) < 4.78 is 5.50. The molecule has 82 valence electrons. The van der Waals surface area contributed by atoms with E-state index in [4.69, 9.17) is 4.74 Å². The average Bonchev–Trinajstić information content (AvgIpc) is 2.74. The van der Waals surface area contributed by atoms with E-state index in [1.54, 1.807) is 0 Å². The van der Waals surface area contributed by atoms with E-state index >= 15 is 0 Å². The molecule has 2 atom stereocenters. The Hall–Kier alpha value is -0.870. The van der Waals surface area contributed by atoms with Crippen LogP contribution >= 0.6 is 11.3 Å². The fourth-order valence-electron chi connectivity index (χ4n) is 1.76. The third-order valence-corrected chi connectivity index (χ3v) is 3.73. The Balaban J connectivity index is 2.13. The first-order chi connectivity index (χ1) is 7.20. The van der Waals surface area contributed by atoms with Gasteiger partial charge in [-0.25, -0.2) is 0 Å². The van der Waals surface area contributed by atoms with Gasteiger partial charge in [0.2, 0.25) is 0 Å². The summed E-state index contributed by atoms with van der Waals surface area (Å²) in [6, 6.07) is 3.94. The van der Waals surface area contributed by atoms with E-state index in [2.05, 4.69) is 0 Å². The van der Waals surface area contributed by atoms with Crippen LogP contribution in [0.2, 0.25) is 0 Å². The van der Waals surface area contributed by atoms with Gasteiger partial charge in [0.05, 0.1) is 23.6 Å². The largest absolute Gasteiger partial charge is 0.375 e. The maximum absolute atomic E-state index is 12.1. The minimum atomic E-state index is 0.127. The first kappa shape index (κ1) is 10.6. The van der Waals surface area contributed by atoms with Crippen LogP contribution in [0.4, 0.5) is 0 Å². The maximum Gasteiger partial charge on any atom is 0.264 e. The SMILES string of the molecule is CC1OCCN(C(=O)c2cccs2)C1C. The van der Waals surface area contributed by atoms with Crippen LogP contribution < -0.4 is 0 Å². The summed E-state index contributed by atoms with van der Waals surface area (Å²) >= 11 is 1.50. The Bertz CT molecular complexity index is 336. The molecule has 1 saturated heterocycles. The number of carbonyl (C=O) groups excluding carboxylic acids is 1. The zero-order chi connectivity index (χ0) is 10.8. The predicted molar refractivity (Wildman–Crippen MR) is 60.2 cm³/mol. The summed E-state index contributed by atoms with van der Waals surface area (Å²) in [4.78, 5) is 14.8. The molecule has 1 aliphatic heterocycles. The summed E-state index contributed by atoms with van der Waals surface area (Å²) in [5, 5.41) is 1.93. The first-order valence-corrected chi connectivity index (χ1v) is 6.04. The van der Waals surface area contributed by atoms with Gasteiger partial charge < -0.3 is 9.64 Å². The van der Waals surface area contributed by atoms with Gasteiger partial charge >= 0.3 is 0 Å². The molecule has 1 aromatic rings. The molecule has 0 saturated carbocycles. The summed E-state index contributed by atoms with van der Waals surface area (Å²) in [6.07, 6.45) is 0.127. The van der Waals surface area contributed by atoms with Crippen molar-refractivity contribution in [2.75, 3.05) is 13.2 Å². The van der Waals surface area contributed by atoms with Crippen LogP contribution in [0.25, 0.3) is 0 Å². The molecule has 0 spiro atoms. The second-order valence-corrected chi connectivity index (χ2v) is 4.74. The molecule has 0 radical (unpaired) electrons. The van der Waals surface area contributed by atoms with Crippen molar-refractivity contribution in [2.24, 2.45) is 0 Å². The van der Waals surface area contributed by atoms with Crippen LogP contribution in [0.5, 0.6) is 0 Å². The number of rotatable bonds is 1. The normalized spacial score (nSPS) is 26.7. The molecule has 0 N–H and O–H groups in total. The van der Waals surface area contributed by atoms with Crippen molar-refractivity contribution in [3.05, 3.63) is 22.4 Å². The third-order valence-electron chi connectivity index (χ3n) is 2.88. The lowest BCUT2D eigenvalue weighted by Crippen LogP contribution is -2.51. The van der Waals surface area contributed by atoms with Crippen molar-refractivity contribution >= 4 is 17.2 Å². The van der Waals surface area contributed by atoms with Crippen LogP contribution in [-0.2, 0) is 4.74 Å². The average molecular weight is 225 g/mol. The number of carbonyl (C=O) groups is 1. The Labute approximate surface area is 93.7 Å². The van der Waals surface area contributed by atoms with Crippen molar-refractivity contribution in [1.82, 2.24) is 4.90 Å². The number of thiophene rings is 1. The van der Waals surface area contributed by atoms with Gasteiger partial charge in [-0.05, 0) is 25.3 Å². The summed E-state index contributed by atoms with van der Waals surface area (Å²) in [5.41, 5.74) is 0. The van der Waals surface area contributed by atoms with Gasteiger partial charge in [-0.2, -0.15) is 0 Å². The molecule has 1 amide bonds. The van der Waals surface area contributed by atoms with Gasteiger partial charge in [0.1, 0.15) is 0 Å². The number of amides is 1. The quantitative estimate of drug-likeness (QED) is 0.731. The highest BCUT2D eigenvalue weighted by molar-refractivity contribution is 7.12. The van der Waals surface area contributed by atoms with E-state index in [-0.39, 0.29) is 18.1 Å². The summed E-state index contributed by atoms with van der Waals surface area (Å²) in [7, 11) is 0. The molecule has 0 aliphatic carbocycles. The van der Waals surface area contributed by atoms with Crippen LogP contribution in [0.3, 0.4) is 0 Å². The standard InChI is InChI=1S/C11H15NO2S/c1-8-9(2)14-6-5-12(8)11(13)10-4-3-7-15-10/h3-4,7-9H,5-6H2,1-2H3. The van der Waals surface area contributed by atoms with Crippen LogP contribution in [0.15, 0.2) is 17.5 Å². The Morgan fingerprint density at radius 1 is 1.60 bits per heavy atom. The van der Waals surface area contributed by atoms with Gasteiger partial charge in [-0.3, -0.25) is 4.79 Å². The second-order valence-electron chi connectivity index (χ2n) is 3.79. The fourth-order valence-corrected chi connectivity index (χ4v) is 2.44. The molecule has 3 nitrogen and oxygen atoms in total. The summed E-state index contributed by atoms with van der Waals surface area (Å²) in [5.74, 6) is 0.132.